The Morgan fingerprint density at radius 2 is 2.00 bits per heavy atom. The molecular formula is C12H16ClNO3S. The highest BCUT2D eigenvalue weighted by Gasteiger charge is 2.03. The fourth-order valence-corrected chi connectivity index (χ4v) is 2.55. The number of thiophene rings is 1. The van der Waals surface area contributed by atoms with Crippen LogP contribution in [0.3, 0.4) is 0 Å². The Morgan fingerprint density at radius 3 is 2.61 bits per heavy atom. The number of hydrogen-bond acceptors (Lipinski definition) is 3. The van der Waals surface area contributed by atoms with Gasteiger partial charge in [0.25, 0.3) is 0 Å². The second-order valence-corrected chi connectivity index (χ2v) is 5.71. The summed E-state index contributed by atoms with van der Waals surface area (Å²) < 4.78 is 0.755. The predicted octanol–water partition coefficient (Wildman–Crippen LogP) is 2.71. The van der Waals surface area contributed by atoms with E-state index in [1.807, 2.05) is 12.1 Å². The molecule has 1 rings (SSSR count). The zero-order valence-corrected chi connectivity index (χ0v) is 11.5. The molecule has 0 radical (unpaired) electrons. The van der Waals surface area contributed by atoms with E-state index in [2.05, 4.69) is 5.32 Å². The van der Waals surface area contributed by atoms with Crippen molar-refractivity contribution in [3.8, 4) is 0 Å². The zero-order valence-electron chi connectivity index (χ0n) is 9.95. The minimum Gasteiger partial charge on any atom is -0.481 e. The van der Waals surface area contributed by atoms with Gasteiger partial charge in [0.1, 0.15) is 0 Å². The molecule has 0 bridgehead atoms. The molecule has 2 N–H and O–H groups in total. The number of unbranched alkanes of at least 4 members (excludes halogenated alkanes) is 1. The van der Waals surface area contributed by atoms with Gasteiger partial charge in [0, 0.05) is 24.3 Å². The highest BCUT2D eigenvalue weighted by atomic mass is 35.5. The fraction of sp³-hybridized carbons (Fsp3) is 0.500. The van der Waals surface area contributed by atoms with E-state index in [0.29, 0.717) is 25.8 Å². The molecule has 0 fully saturated rings. The molecule has 0 aliphatic rings. The Morgan fingerprint density at radius 1 is 1.28 bits per heavy atom. The number of aliphatic carboxylic acids is 1. The maximum Gasteiger partial charge on any atom is 0.303 e. The molecule has 0 atom stereocenters. The third-order valence-corrected chi connectivity index (χ3v) is 3.66. The van der Waals surface area contributed by atoms with Crippen LogP contribution >= 0.6 is 22.9 Å². The van der Waals surface area contributed by atoms with Gasteiger partial charge in [-0.05, 0) is 31.4 Å². The summed E-state index contributed by atoms with van der Waals surface area (Å²) in [7, 11) is 0. The molecule has 1 amide bonds. The van der Waals surface area contributed by atoms with Crippen molar-refractivity contribution in [2.24, 2.45) is 0 Å². The minimum absolute atomic E-state index is 0.0250. The maximum atomic E-state index is 11.4. The lowest BCUT2D eigenvalue weighted by molar-refractivity contribution is -0.137. The van der Waals surface area contributed by atoms with Crippen LogP contribution in [0.1, 0.15) is 30.6 Å². The second-order valence-electron chi connectivity index (χ2n) is 3.91. The van der Waals surface area contributed by atoms with E-state index >= 15 is 0 Å². The van der Waals surface area contributed by atoms with Crippen LogP contribution in [-0.4, -0.2) is 23.5 Å². The standard InChI is InChI=1S/C12H16ClNO3S/c13-10-6-5-9(18-10)7-8-14-11(15)3-1-2-4-12(16)17/h5-6H,1-4,7-8H2,(H,14,15)(H,16,17). The number of carboxylic acid groups (broad SMARTS) is 1. The molecule has 0 aliphatic carbocycles. The van der Waals surface area contributed by atoms with E-state index in [9.17, 15) is 9.59 Å². The molecule has 0 unspecified atom stereocenters. The molecular weight excluding hydrogens is 274 g/mol. The summed E-state index contributed by atoms with van der Waals surface area (Å²) in [6.45, 7) is 0.592. The largest absolute Gasteiger partial charge is 0.481 e. The zero-order chi connectivity index (χ0) is 13.4. The molecule has 0 saturated heterocycles. The van der Waals surface area contributed by atoms with Gasteiger partial charge in [-0.25, -0.2) is 0 Å². The highest BCUT2D eigenvalue weighted by molar-refractivity contribution is 7.16. The molecule has 4 nitrogen and oxygen atoms in total. The van der Waals surface area contributed by atoms with E-state index in [1.54, 1.807) is 0 Å². The van der Waals surface area contributed by atoms with Crippen LogP contribution in [-0.2, 0) is 16.0 Å². The average molecular weight is 290 g/mol. The fourth-order valence-electron chi connectivity index (χ4n) is 1.46. The Balaban J connectivity index is 2.05. The van der Waals surface area contributed by atoms with Crippen molar-refractivity contribution in [3.63, 3.8) is 0 Å². The number of nitrogens with one attached hydrogen (secondary N) is 1. The monoisotopic (exact) mass is 289 g/mol. The van der Waals surface area contributed by atoms with Crippen molar-refractivity contribution in [3.05, 3.63) is 21.3 Å². The lowest BCUT2D eigenvalue weighted by atomic mass is 10.2. The first-order chi connectivity index (χ1) is 8.58. The Bertz CT molecular complexity index is 406. The van der Waals surface area contributed by atoms with Gasteiger partial charge in [-0.1, -0.05) is 11.6 Å². The number of amides is 1. The van der Waals surface area contributed by atoms with Gasteiger partial charge in [-0.2, -0.15) is 0 Å². The number of carboxylic acids is 1. The van der Waals surface area contributed by atoms with E-state index in [0.717, 1.165) is 15.6 Å². The highest BCUT2D eigenvalue weighted by Crippen LogP contribution is 2.21. The van der Waals surface area contributed by atoms with Crippen molar-refractivity contribution >= 4 is 34.8 Å². The summed E-state index contributed by atoms with van der Waals surface area (Å²) in [5.74, 6) is -0.840. The van der Waals surface area contributed by atoms with Gasteiger partial charge < -0.3 is 10.4 Å². The minimum atomic E-state index is -0.815. The third kappa shape index (κ3) is 6.61. The molecule has 0 saturated carbocycles. The van der Waals surface area contributed by atoms with Gasteiger partial charge in [0.05, 0.1) is 4.34 Å². The first-order valence-corrected chi connectivity index (χ1v) is 7.00. The Labute approximate surface area is 115 Å². The number of carbonyl (C=O) groups is 2. The predicted molar refractivity (Wildman–Crippen MR) is 72.1 cm³/mol. The maximum absolute atomic E-state index is 11.4. The number of hydrogen-bond donors (Lipinski definition) is 2. The molecule has 1 aromatic rings. The van der Waals surface area contributed by atoms with E-state index in [-0.39, 0.29) is 12.3 Å². The van der Waals surface area contributed by atoms with Crippen LogP contribution in [0.15, 0.2) is 12.1 Å². The lowest BCUT2D eigenvalue weighted by Gasteiger charge is -2.03. The van der Waals surface area contributed by atoms with Crippen LogP contribution in [0.4, 0.5) is 0 Å². The molecule has 0 aromatic carbocycles. The number of rotatable bonds is 8. The normalized spacial score (nSPS) is 10.3. The van der Waals surface area contributed by atoms with Crippen LogP contribution < -0.4 is 5.32 Å². The van der Waals surface area contributed by atoms with Crippen LogP contribution in [0.5, 0.6) is 0 Å². The number of halogens is 1. The average Bonchev–Trinajstić information content (AvgIpc) is 2.70. The first-order valence-electron chi connectivity index (χ1n) is 5.80. The first kappa shape index (κ1) is 15.0. The summed E-state index contributed by atoms with van der Waals surface area (Å²) in [6, 6.07) is 3.79. The second kappa shape index (κ2) is 8.11. The van der Waals surface area contributed by atoms with Crippen molar-refractivity contribution < 1.29 is 14.7 Å². The topological polar surface area (TPSA) is 66.4 Å². The third-order valence-electron chi connectivity index (χ3n) is 2.37. The molecule has 18 heavy (non-hydrogen) atoms. The summed E-state index contributed by atoms with van der Waals surface area (Å²) in [4.78, 5) is 22.8. The smallest absolute Gasteiger partial charge is 0.303 e. The van der Waals surface area contributed by atoms with E-state index in [4.69, 9.17) is 16.7 Å². The van der Waals surface area contributed by atoms with Crippen molar-refractivity contribution in [1.29, 1.82) is 0 Å². The summed E-state index contributed by atoms with van der Waals surface area (Å²) in [6.07, 6.45) is 2.45. The molecule has 6 heteroatoms. The van der Waals surface area contributed by atoms with Crippen LogP contribution in [0.2, 0.25) is 4.34 Å². The van der Waals surface area contributed by atoms with Crippen molar-refractivity contribution in [1.82, 2.24) is 5.32 Å². The molecule has 0 spiro atoms. The summed E-state index contributed by atoms with van der Waals surface area (Å²) >= 11 is 7.31. The SMILES string of the molecule is O=C(O)CCCCC(=O)NCCc1ccc(Cl)s1. The van der Waals surface area contributed by atoms with Gasteiger partial charge in [-0.15, -0.1) is 11.3 Å². The van der Waals surface area contributed by atoms with Gasteiger partial charge >= 0.3 is 5.97 Å². The summed E-state index contributed by atoms with van der Waals surface area (Å²) in [5.41, 5.74) is 0. The van der Waals surface area contributed by atoms with Crippen LogP contribution in [0.25, 0.3) is 0 Å². The molecule has 1 heterocycles. The Kier molecular flexibility index (Phi) is 6.75. The molecule has 100 valence electrons. The van der Waals surface area contributed by atoms with Crippen molar-refractivity contribution in [2.75, 3.05) is 6.54 Å². The van der Waals surface area contributed by atoms with Gasteiger partial charge in [-0.3, -0.25) is 9.59 Å². The Hall–Kier alpha value is -1.07. The van der Waals surface area contributed by atoms with E-state index in [1.165, 1.54) is 11.3 Å². The van der Waals surface area contributed by atoms with E-state index < -0.39 is 5.97 Å². The molecule has 1 aromatic heterocycles. The lowest BCUT2D eigenvalue weighted by Crippen LogP contribution is -2.25. The summed E-state index contributed by atoms with van der Waals surface area (Å²) in [5, 5.41) is 11.2. The molecule has 0 aliphatic heterocycles. The van der Waals surface area contributed by atoms with Crippen LogP contribution in [0, 0.1) is 0 Å². The van der Waals surface area contributed by atoms with Crippen molar-refractivity contribution in [2.45, 2.75) is 32.1 Å². The quantitative estimate of drug-likeness (QED) is 0.723. The number of carbonyl (C=O) groups excluding carboxylic acids is 1. The van der Waals surface area contributed by atoms with Gasteiger partial charge in [0.15, 0.2) is 0 Å². The van der Waals surface area contributed by atoms with Gasteiger partial charge in [0.2, 0.25) is 5.91 Å².